The van der Waals surface area contributed by atoms with Crippen LogP contribution >= 0.6 is 11.3 Å². The molecule has 0 spiro atoms. The van der Waals surface area contributed by atoms with Gasteiger partial charge in [-0.15, -0.1) is 11.3 Å². The van der Waals surface area contributed by atoms with Gasteiger partial charge in [0.2, 0.25) is 0 Å². The van der Waals surface area contributed by atoms with Gasteiger partial charge < -0.3 is 24.0 Å². The van der Waals surface area contributed by atoms with E-state index < -0.39 is 5.60 Å². The molecule has 44 heavy (non-hydrogen) atoms. The molecule has 0 saturated carbocycles. The van der Waals surface area contributed by atoms with E-state index in [1.807, 2.05) is 33.8 Å². The highest BCUT2D eigenvalue weighted by Crippen LogP contribution is 2.37. The van der Waals surface area contributed by atoms with E-state index in [2.05, 4.69) is 55.3 Å². The van der Waals surface area contributed by atoms with E-state index in [0.717, 1.165) is 64.8 Å². The van der Waals surface area contributed by atoms with E-state index in [9.17, 15) is 9.59 Å². The average molecular weight is 620 g/mol. The lowest BCUT2D eigenvalue weighted by atomic mass is 9.87. The van der Waals surface area contributed by atoms with E-state index >= 15 is 0 Å². The van der Waals surface area contributed by atoms with Crippen molar-refractivity contribution < 1.29 is 23.8 Å². The van der Waals surface area contributed by atoms with Gasteiger partial charge in [-0.05, 0) is 94.7 Å². The number of amides is 1. The molecule has 3 heterocycles. The maximum absolute atomic E-state index is 12.7. The summed E-state index contributed by atoms with van der Waals surface area (Å²) in [5.74, 6) is 0.859. The molecule has 1 amide bonds. The first-order valence-corrected chi connectivity index (χ1v) is 16.5. The quantitative estimate of drug-likeness (QED) is 0.256. The highest BCUT2D eigenvalue weighted by molar-refractivity contribution is 7.14. The summed E-state index contributed by atoms with van der Waals surface area (Å²) < 4.78 is 17.3. The second-order valence-corrected chi connectivity index (χ2v) is 13.9. The first kappa shape index (κ1) is 31.8. The van der Waals surface area contributed by atoms with Crippen LogP contribution in [0.4, 0.5) is 9.93 Å². The SMILES string of the molecule is CCOC(=O)[C@H]1CCN(c2nc(-c3cc(C)ccc3OCc3cc(C)c4c(c3)CCN(C(=O)OC(C)(C)C)C4)cs2)C[C@H]1C. The molecule has 2 aliphatic heterocycles. The molecule has 5 rings (SSSR count). The van der Waals surface area contributed by atoms with Gasteiger partial charge in [0, 0.05) is 37.1 Å². The Hall–Kier alpha value is -3.59. The van der Waals surface area contributed by atoms with Gasteiger partial charge in [-0.2, -0.15) is 0 Å². The molecule has 0 unspecified atom stereocenters. The van der Waals surface area contributed by atoms with E-state index in [4.69, 9.17) is 19.2 Å². The lowest BCUT2D eigenvalue weighted by Crippen LogP contribution is -2.42. The Balaban J connectivity index is 1.27. The minimum Gasteiger partial charge on any atom is -0.488 e. The highest BCUT2D eigenvalue weighted by Gasteiger charge is 2.33. The van der Waals surface area contributed by atoms with Gasteiger partial charge >= 0.3 is 12.1 Å². The topological polar surface area (TPSA) is 81.2 Å². The van der Waals surface area contributed by atoms with Gasteiger partial charge in [0.1, 0.15) is 18.0 Å². The van der Waals surface area contributed by atoms with Crippen molar-refractivity contribution in [3.05, 3.63) is 63.5 Å². The van der Waals surface area contributed by atoms with Crippen LogP contribution in [0, 0.1) is 25.7 Å². The van der Waals surface area contributed by atoms with Crippen LogP contribution in [-0.4, -0.2) is 53.8 Å². The summed E-state index contributed by atoms with van der Waals surface area (Å²) in [5.41, 5.74) is 7.22. The zero-order chi connectivity index (χ0) is 31.6. The van der Waals surface area contributed by atoms with E-state index in [1.165, 1.54) is 11.1 Å². The maximum Gasteiger partial charge on any atom is 0.410 e. The largest absolute Gasteiger partial charge is 0.488 e. The number of benzene rings is 2. The van der Waals surface area contributed by atoms with Crippen molar-refractivity contribution in [1.29, 1.82) is 0 Å². The van der Waals surface area contributed by atoms with Crippen LogP contribution in [-0.2, 0) is 33.8 Å². The lowest BCUT2D eigenvalue weighted by molar-refractivity contribution is -0.150. The van der Waals surface area contributed by atoms with Crippen LogP contribution in [0.25, 0.3) is 11.3 Å². The number of nitrogens with zero attached hydrogens (tertiary/aromatic N) is 3. The summed E-state index contributed by atoms with van der Waals surface area (Å²) in [7, 11) is 0. The molecule has 0 aliphatic carbocycles. The standard InChI is InChI=1S/C35H45N3O5S/c1-8-41-32(39)27-12-14-37(18-24(27)4)33-36-30(21-44-33)28-15-22(2)9-10-31(28)42-20-25-16-23(3)29-19-38(13-11-26(29)17-25)34(40)43-35(5,6)7/h9-10,15-17,21,24,27H,8,11-14,18-20H2,1-7H3/t24-,27+/m1/s1. The van der Waals surface area contributed by atoms with Crippen LogP contribution in [0.5, 0.6) is 5.75 Å². The van der Waals surface area contributed by atoms with Crippen molar-refractivity contribution in [1.82, 2.24) is 9.88 Å². The number of piperidine rings is 1. The molecule has 0 radical (unpaired) electrons. The zero-order valence-corrected chi connectivity index (χ0v) is 27.9. The lowest BCUT2D eigenvalue weighted by Gasteiger charge is -2.35. The molecule has 1 saturated heterocycles. The molecule has 3 aromatic rings. The van der Waals surface area contributed by atoms with E-state index in [1.54, 1.807) is 16.2 Å². The van der Waals surface area contributed by atoms with E-state index in [0.29, 0.717) is 26.3 Å². The molecule has 0 bridgehead atoms. The van der Waals surface area contributed by atoms with Gasteiger partial charge in [-0.1, -0.05) is 30.7 Å². The molecule has 2 aromatic carbocycles. The van der Waals surface area contributed by atoms with Crippen LogP contribution in [0.2, 0.25) is 0 Å². The molecule has 1 fully saturated rings. The van der Waals surface area contributed by atoms with Gasteiger partial charge in [-0.3, -0.25) is 4.79 Å². The molecular formula is C35H45N3O5S. The number of anilines is 1. The molecule has 9 heteroatoms. The van der Waals surface area contributed by atoms with E-state index in [-0.39, 0.29) is 23.9 Å². The second kappa shape index (κ2) is 13.2. The normalized spacial score (nSPS) is 18.5. The Bertz CT molecular complexity index is 1510. The molecule has 0 N–H and O–H groups in total. The number of carbonyl (C=O) groups is 2. The molecule has 236 valence electrons. The second-order valence-electron chi connectivity index (χ2n) is 13.1. The monoisotopic (exact) mass is 619 g/mol. The number of rotatable bonds is 7. The average Bonchev–Trinajstić information content (AvgIpc) is 3.46. The van der Waals surface area contributed by atoms with Crippen molar-refractivity contribution >= 4 is 28.5 Å². The minimum absolute atomic E-state index is 0.0569. The number of aromatic nitrogens is 1. The fraction of sp³-hybridized carbons (Fsp3) is 0.514. The van der Waals surface area contributed by atoms with Crippen LogP contribution < -0.4 is 9.64 Å². The third-order valence-electron chi connectivity index (χ3n) is 8.34. The highest BCUT2D eigenvalue weighted by atomic mass is 32.1. The first-order chi connectivity index (χ1) is 20.9. The summed E-state index contributed by atoms with van der Waals surface area (Å²) in [5, 5.41) is 3.06. The van der Waals surface area contributed by atoms with Gasteiger partial charge in [0.25, 0.3) is 0 Å². The fourth-order valence-electron chi connectivity index (χ4n) is 6.09. The van der Waals surface area contributed by atoms with Crippen LogP contribution in [0.15, 0.2) is 35.7 Å². The van der Waals surface area contributed by atoms with Crippen LogP contribution in [0.1, 0.15) is 68.9 Å². The van der Waals surface area contributed by atoms with Gasteiger partial charge in [0.15, 0.2) is 5.13 Å². The van der Waals surface area contributed by atoms with Crippen molar-refractivity contribution in [3.63, 3.8) is 0 Å². The number of aryl methyl sites for hydroxylation is 2. The number of hydrogen-bond acceptors (Lipinski definition) is 8. The Kier molecular flexibility index (Phi) is 9.53. The molecule has 8 nitrogen and oxygen atoms in total. The van der Waals surface area contributed by atoms with Crippen molar-refractivity contribution in [2.45, 2.75) is 80.1 Å². The summed E-state index contributed by atoms with van der Waals surface area (Å²) in [6.07, 6.45) is 1.30. The minimum atomic E-state index is -0.510. The summed E-state index contributed by atoms with van der Waals surface area (Å²) >= 11 is 1.63. The van der Waals surface area contributed by atoms with Gasteiger partial charge in [0.05, 0.1) is 18.2 Å². The first-order valence-electron chi connectivity index (χ1n) is 15.6. The number of thiazole rings is 1. The predicted octanol–water partition coefficient (Wildman–Crippen LogP) is 7.32. The van der Waals surface area contributed by atoms with Gasteiger partial charge in [-0.25, -0.2) is 9.78 Å². The number of fused-ring (bicyclic) bond motifs is 1. The Labute approximate surface area is 265 Å². The molecule has 1 aromatic heterocycles. The third-order valence-corrected chi connectivity index (χ3v) is 9.24. The smallest absolute Gasteiger partial charge is 0.410 e. The summed E-state index contributed by atoms with van der Waals surface area (Å²) in [6.45, 7) is 17.5. The predicted molar refractivity (Wildman–Crippen MR) is 174 cm³/mol. The van der Waals surface area contributed by atoms with Crippen molar-refractivity contribution in [3.8, 4) is 17.0 Å². The number of hydrogen-bond donors (Lipinski definition) is 0. The Morgan fingerprint density at radius 2 is 1.91 bits per heavy atom. The summed E-state index contributed by atoms with van der Waals surface area (Å²) in [6, 6.07) is 10.6. The summed E-state index contributed by atoms with van der Waals surface area (Å²) in [4.78, 5) is 34.1. The van der Waals surface area contributed by atoms with Crippen molar-refractivity contribution in [2.24, 2.45) is 11.8 Å². The molecular weight excluding hydrogens is 574 g/mol. The van der Waals surface area contributed by atoms with Crippen LogP contribution in [0.3, 0.4) is 0 Å². The number of esters is 1. The maximum atomic E-state index is 12.7. The molecule has 2 atom stereocenters. The number of ether oxygens (including phenoxy) is 3. The van der Waals surface area contributed by atoms with Crippen molar-refractivity contribution in [2.75, 3.05) is 31.1 Å². The Morgan fingerprint density at radius 1 is 1.11 bits per heavy atom. The molecule has 2 aliphatic rings. The third kappa shape index (κ3) is 7.37. The number of carbonyl (C=O) groups excluding carboxylic acids is 2. The zero-order valence-electron chi connectivity index (χ0n) is 27.1. The fourth-order valence-corrected chi connectivity index (χ4v) is 6.96. The Morgan fingerprint density at radius 3 is 2.64 bits per heavy atom.